The number of nitrogens with one attached hydrogen (secondary N) is 2. The Morgan fingerprint density at radius 1 is 1.03 bits per heavy atom. The van der Waals surface area contributed by atoms with E-state index in [1.54, 1.807) is 23.8 Å². The van der Waals surface area contributed by atoms with Crippen LogP contribution in [0.4, 0.5) is 18.9 Å². The molecule has 2 aromatic rings. The van der Waals surface area contributed by atoms with Crippen LogP contribution in [0.1, 0.15) is 11.1 Å². The predicted octanol–water partition coefficient (Wildman–Crippen LogP) is 2.18. The molecule has 2 rings (SSSR count). The number of carbonyl (C=O) groups is 2. The van der Waals surface area contributed by atoms with Crippen molar-refractivity contribution >= 4 is 27.6 Å². The van der Waals surface area contributed by atoms with Gasteiger partial charge in [-0.2, -0.15) is 4.72 Å². The molecule has 0 unspecified atom stereocenters. The van der Waals surface area contributed by atoms with E-state index in [1.807, 2.05) is 13.0 Å². The molecule has 0 fully saturated rings. The third kappa shape index (κ3) is 5.78. The SMILES string of the molecule is Cc1ccc(NC(=O)COC(=O)CNS(=O)(=O)c2ccc(F)c(F)c2F)c(C)c1. The van der Waals surface area contributed by atoms with Gasteiger partial charge in [-0.25, -0.2) is 21.6 Å². The Morgan fingerprint density at radius 3 is 2.38 bits per heavy atom. The fraction of sp³-hybridized carbons (Fsp3) is 0.222. The monoisotopic (exact) mass is 430 g/mol. The van der Waals surface area contributed by atoms with E-state index in [1.165, 1.54) is 0 Å². The molecule has 2 aromatic carbocycles. The number of amides is 1. The summed E-state index contributed by atoms with van der Waals surface area (Å²) >= 11 is 0. The molecule has 29 heavy (non-hydrogen) atoms. The molecule has 7 nitrogen and oxygen atoms in total. The second-order valence-corrected chi connectivity index (χ2v) is 7.76. The van der Waals surface area contributed by atoms with Gasteiger partial charge < -0.3 is 10.1 Å². The minimum atomic E-state index is -4.66. The molecular weight excluding hydrogens is 413 g/mol. The summed E-state index contributed by atoms with van der Waals surface area (Å²) in [6.07, 6.45) is 0. The van der Waals surface area contributed by atoms with Gasteiger partial charge in [0.05, 0.1) is 0 Å². The van der Waals surface area contributed by atoms with E-state index in [4.69, 9.17) is 0 Å². The number of hydrogen-bond donors (Lipinski definition) is 2. The largest absolute Gasteiger partial charge is 0.455 e. The lowest BCUT2D eigenvalue weighted by atomic mass is 10.1. The highest BCUT2D eigenvalue weighted by Gasteiger charge is 2.24. The number of carbonyl (C=O) groups excluding carboxylic acids is 2. The summed E-state index contributed by atoms with van der Waals surface area (Å²) in [6, 6.07) is 6.24. The summed E-state index contributed by atoms with van der Waals surface area (Å²) < 4.78 is 69.9. The molecule has 0 saturated carbocycles. The van der Waals surface area contributed by atoms with Crippen molar-refractivity contribution in [2.75, 3.05) is 18.5 Å². The second kappa shape index (κ2) is 9.05. The van der Waals surface area contributed by atoms with Crippen LogP contribution in [0.2, 0.25) is 0 Å². The second-order valence-electron chi connectivity index (χ2n) is 6.03. The van der Waals surface area contributed by atoms with Gasteiger partial charge in [0.25, 0.3) is 5.91 Å². The molecule has 0 aliphatic heterocycles. The summed E-state index contributed by atoms with van der Waals surface area (Å²) in [5.74, 6) is -7.22. The molecule has 0 aliphatic rings. The van der Waals surface area contributed by atoms with Crippen LogP contribution in [0, 0.1) is 31.3 Å². The highest BCUT2D eigenvalue weighted by molar-refractivity contribution is 7.89. The topological polar surface area (TPSA) is 102 Å². The van der Waals surface area contributed by atoms with Crippen molar-refractivity contribution < 1.29 is 35.9 Å². The average molecular weight is 430 g/mol. The number of sulfonamides is 1. The van der Waals surface area contributed by atoms with Crippen LogP contribution >= 0.6 is 0 Å². The zero-order valence-corrected chi connectivity index (χ0v) is 16.2. The van der Waals surface area contributed by atoms with Gasteiger partial charge in [-0.3, -0.25) is 9.59 Å². The Hall–Kier alpha value is -2.92. The van der Waals surface area contributed by atoms with Crippen molar-refractivity contribution in [3.8, 4) is 0 Å². The third-order valence-electron chi connectivity index (χ3n) is 3.72. The Labute approximate surface area is 164 Å². The molecule has 0 atom stereocenters. The molecule has 0 aliphatic carbocycles. The number of halogens is 3. The first kappa shape index (κ1) is 22.4. The molecule has 0 saturated heterocycles. The standard InChI is InChI=1S/C18H17F3N2O5S/c1-10-3-5-13(11(2)7-10)23-15(24)9-28-16(25)8-22-29(26,27)14-6-4-12(19)17(20)18(14)21/h3-7,22H,8-9H2,1-2H3,(H,23,24). The molecular formula is C18H17F3N2O5S. The Bertz CT molecular complexity index is 1060. The van der Waals surface area contributed by atoms with Crippen molar-refractivity contribution in [1.29, 1.82) is 0 Å². The van der Waals surface area contributed by atoms with Crippen LogP contribution in [0.15, 0.2) is 35.2 Å². The number of ether oxygens (including phenoxy) is 1. The number of anilines is 1. The first-order valence-electron chi connectivity index (χ1n) is 8.17. The van der Waals surface area contributed by atoms with Crippen LogP contribution in [-0.2, 0) is 24.3 Å². The Morgan fingerprint density at radius 2 is 1.72 bits per heavy atom. The quantitative estimate of drug-likeness (QED) is 0.518. The summed E-state index contributed by atoms with van der Waals surface area (Å²) in [7, 11) is -4.66. The summed E-state index contributed by atoms with van der Waals surface area (Å²) in [6.45, 7) is 2.03. The van der Waals surface area contributed by atoms with Crippen molar-refractivity contribution in [3.63, 3.8) is 0 Å². The normalized spacial score (nSPS) is 11.2. The highest BCUT2D eigenvalue weighted by Crippen LogP contribution is 2.19. The van der Waals surface area contributed by atoms with Crippen LogP contribution in [0.25, 0.3) is 0 Å². The first-order valence-corrected chi connectivity index (χ1v) is 9.65. The lowest BCUT2D eigenvalue weighted by molar-refractivity contribution is -0.146. The van der Waals surface area contributed by atoms with Gasteiger partial charge in [-0.1, -0.05) is 17.7 Å². The van der Waals surface area contributed by atoms with Gasteiger partial charge in [0.1, 0.15) is 11.4 Å². The van der Waals surface area contributed by atoms with Gasteiger partial charge in [0, 0.05) is 5.69 Å². The van der Waals surface area contributed by atoms with E-state index < -0.39 is 57.4 Å². The minimum Gasteiger partial charge on any atom is -0.455 e. The number of aryl methyl sites for hydroxylation is 2. The summed E-state index contributed by atoms with van der Waals surface area (Å²) in [4.78, 5) is 22.3. The maximum Gasteiger partial charge on any atom is 0.321 e. The molecule has 11 heteroatoms. The van der Waals surface area contributed by atoms with Gasteiger partial charge in [0.2, 0.25) is 10.0 Å². The molecule has 0 radical (unpaired) electrons. The maximum atomic E-state index is 13.6. The number of rotatable bonds is 7. The van der Waals surface area contributed by atoms with Gasteiger partial charge in [0.15, 0.2) is 24.1 Å². The van der Waals surface area contributed by atoms with Crippen molar-refractivity contribution in [2.45, 2.75) is 18.7 Å². The molecule has 156 valence electrons. The fourth-order valence-electron chi connectivity index (χ4n) is 2.28. The van der Waals surface area contributed by atoms with E-state index in [2.05, 4.69) is 10.1 Å². The predicted molar refractivity (Wildman–Crippen MR) is 97.0 cm³/mol. The van der Waals surface area contributed by atoms with Gasteiger partial charge >= 0.3 is 5.97 Å². The Balaban J connectivity index is 1.89. The molecule has 1 amide bonds. The molecule has 0 aromatic heterocycles. The average Bonchev–Trinajstić information content (AvgIpc) is 2.65. The van der Waals surface area contributed by atoms with E-state index >= 15 is 0 Å². The van der Waals surface area contributed by atoms with Gasteiger partial charge in [-0.05, 0) is 37.6 Å². The molecule has 0 bridgehead atoms. The van der Waals surface area contributed by atoms with Gasteiger partial charge in [-0.15, -0.1) is 0 Å². The van der Waals surface area contributed by atoms with Crippen LogP contribution < -0.4 is 10.0 Å². The summed E-state index contributed by atoms with van der Waals surface area (Å²) in [5.41, 5.74) is 2.31. The zero-order valence-electron chi connectivity index (χ0n) is 15.4. The van der Waals surface area contributed by atoms with Crippen molar-refractivity contribution in [1.82, 2.24) is 4.72 Å². The minimum absolute atomic E-state index is 0.433. The molecule has 0 heterocycles. The lowest BCUT2D eigenvalue weighted by Gasteiger charge is -2.10. The highest BCUT2D eigenvalue weighted by atomic mass is 32.2. The summed E-state index contributed by atoms with van der Waals surface area (Å²) in [5, 5.41) is 2.53. The first-order chi connectivity index (χ1) is 13.5. The van der Waals surface area contributed by atoms with E-state index in [0.29, 0.717) is 17.8 Å². The number of hydrogen-bond acceptors (Lipinski definition) is 5. The van der Waals surface area contributed by atoms with E-state index in [-0.39, 0.29) is 0 Å². The van der Waals surface area contributed by atoms with Crippen molar-refractivity contribution in [3.05, 3.63) is 58.9 Å². The number of esters is 1. The smallest absolute Gasteiger partial charge is 0.321 e. The zero-order chi connectivity index (χ0) is 21.8. The lowest BCUT2D eigenvalue weighted by Crippen LogP contribution is -2.33. The fourth-order valence-corrected chi connectivity index (χ4v) is 3.32. The van der Waals surface area contributed by atoms with Crippen molar-refractivity contribution in [2.24, 2.45) is 0 Å². The van der Waals surface area contributed by atoms with Crippen LogP contribution in [0.5, 0.6) is 0 Å². The van der Waals surface area contributed by atoms with Crippen LogP contribution in [-0.4, -0.2) is 33.4 Å². The van der Waals surface area contributed by atoms with Crippen LogP contribution in [0.3, 0.4) is 0 Å². The Kier molecular flexibility index (Phi) is 6.98. The maximum absolute atomic E-state index is 13.6. The number of benzene rings is 2. The molecule has 0 spiro atoms. The van der Waals surface area contributed by atoms with E-state index in [9.17, 15) is 31.2 Å². The third-order valence-corrected chi connectivity index (χ3v) is 5.13. The van der Waals surface area contributed by atoms with E-state index in [0.717, 1.165) is 11.1 Å². The molecule has 2 N–H and O–H groups in total.